The van der Waals surface area contributed by atoms with Gasteiger partial charge < -0.3 is 24.5 Å². The second kappa shape index (κ2) is 12.6. The Labute approximate surface area is 185 Å². The number of nitrogens with zero attached hydrogens (tertiary/aromatic N) is 3. The molecule has 3 heterocycles. The Hall–Kier alpha value is -0.880. The summed E-state index contributed by atoms with van der Waals surface area (Å²) in [7, 11) is 1.81. The maximum atomic E-state index is 5.92. The van der Waals surface area contributed by atoms with Gasteiger partial charge in [-0.3, -0.25) is 14.8 Å². The SMILES string of the molecule is CN=C(NCCN1CCOCC1)NCC(c1ccc(C)o1)N1CCOCC1.I. The molecule has 0 aromatic carbocycles. The maximum Gasteiger partial charge on any atom is 0.191 e. The molecule has 0 radical (unpaired) electrons. The van der Waals surface area contributed by atoms with Crippen LogP contribution in [0.3, 0.4) is 0 Å². The number of morpholine rings is 2. The Morgan fingerprint density at radius 1 is 1.07 bits per heavy atom. The first-order valence-electron chi connectivity index (χ1n) is 9.89. The van der Waals surface area contributed by atoms with Crippen molar-refractivity contribution in [3.63, 3.8) is 0 Å². The van der Waals surface area contributed by atoms with E-state index in [9.17, 15) is 0 Å². The Balaban J connectivity index is 0.00000280. The minimum atomic E-state index is 0. The van der Waals surface area contributed by atoms with E-state index in [4.69, 9.17) is 13.9 Å². The fraction of sp³-hybridized carbons (Fsp3) is 0.737. The van der Waals surface area contributed by atoms with Crippen molar-refractivity contribution in [2.45, 2.75) is 13.0 Å². The van der Waals surface area contributed by atoms with Crippen molar-refractivity contribution in [1.29, 1.82) is 0 Å². The summed E-state index contributed by atoms with van der Waals surface area (Å²) in [5, 5.41) is 6.88. The number of halogens is 1. The zero-order chi connectivity index (χ0) is 18.9. The van der Waals surface area contributed by atoms with Crippen LogP contribution < -0.4 is 10.6 Å². The average Bonchev–Trinajstić information content (AvgIpc) is 3.14. The second-order valence-corrected chi connectivity index (χ2v) is 6.95. The maximum absolute atomic E-state index is 5.92. The largest absolute Gasteiger partial charge is 0.465 e. The topological polar surface area (TPSA) is 74.5 Å². The van der Waals surface area contributed by atoms with E-state index < -0.39 is 0 Å². The Bertz CT molecular complexity index is 586. The van der Waals surface area contributed by atoms with Crippen LogP contribution in [0.4, 0.5) is 0 Å². The van der Waals surface area contributed by atoms with Crippen molar-refractivity contribution >= 4 is 29.9 Å². The van der Waals surface area contributed by atoms with Crippen molar-refractivity contribution in [2.75, 3.05) is 79.3 Å². The average molecular weight is 507 g/mol. The molecule has 28 heavy (non-hydrogen) atoms. The van der Waals surface area contributed by atoms with Gasteiger partial charge >= 0.3 is 0 Å². The highest BCUT2D eigenvalue weighted by molar-refractivity contribution is 14.0. The van der Waals surface area contributed by atoms with Gasteiger partial charge in [-0.1, -0.05) is 0 Å². The zero-order valence-electron chi connectivity index (χ0n) is 17.0. The lowest BCUT2D eigenvalue weighted by atomic mass is 10.1. The lowest BCUT2D eigenvalue weighted by Crippen LogP contribution is -2.48. The smallest absolute Gasteiger partial charge is 0.191 e. The summed E-state index contributed by atoms with van der Waals surface area (Å²) in [6, 6.07) is 4.27. The zero-order valence-corrected chi connectivity index (χ0v) is 19.3. The molecule has 2 aliphatic heterocycles. The lowest BCUT2D eigenvalue weighted by molar-refractivity contribution is 0.0124. The molecule has 0 aliphatic carbocycles. The van der Waals surface area contributed by atoms with E-state index >= 15 is 0 Å². The summed E-state index contributed by atoms with van der Waals surface area (Å²) in [4.78, 5) is 9.19. The fourth-order valence-corrected chi connectivity index (χ4v) is 3.50. The number of nitrogens with one attached hydrogen (secondary N) is 2. The van der Waals surface area contributed by atoms with Crippen LogP contribution >= 0.6 is 24.0 Å². The van der Waals surface area contributed by atoms with E-state index in [1.165, 1.54) is 0 Å². The fourth-order valence-electron chi connectivity index (χ4n) is 3.50. The van der Waals surface area contributed by atoms with Crippen LogP contribution in [0.5, 0.6) is 0 Å². The first kappa shape index (κ1) is 23.4. The number of ether oxygens (including phenoxy) is 2. The number of aryl methyl sites for hydroxylation is 1. The van der Waals surface area contributed by atoms with Gasteiger partial charge in [-0.15, -0.1) is 24.0 Å². The molecular formula is C19H34IN5O3. The van der Waals surface area contributed by atoms with E-state index in [2.05, 4.69) is 31.5 Å². The van der Waals surface area contributed by atoms with E-state index in [-0.39, 0.29) is 30.0 Å². The van der Waals surface area contributed by atoms with Gasteiger partial charge in [0.25, 0.3) is 0 Å². The molecule has 1 atom stereocenters. The van der Waals surface area contributed by atoms with Crippen LogP contribution in [0.25, 0.3) is 0 Å². The molecule has 9 heteroatoms. The summed E-state index contributed by atoms with van der Waals surface area (Å²) in [5.74, 6) is 2.76. The van der Waals surface area contributed by atoms with Gasteiger partial charge in [0.15, 0.2) is 5.96 Å². The van der Waals surface area contributed by atoms with Crippen molar-refractivity contribution in [3.05, 3.63) is 23.7 Å². The molecule has 2 aliphatic rings. The summed E-state index contributed by atoms with van der Waals surface area (Å²) < 4.78 is 16.8. The molecule has 2 saturated heterocycles. The van der Waals surface area contributed by atoms with Gasteiger partial charge in [0.05, 0.1) is 32.5 Å². The van der Waals surface area contributed by atoms with Crippen molar-refractivity contribution in [1.82, 2.24) is 20.4 Å². The van der Waals surface area contributed by atoms with Gasteiger partial charge in [-0.25, -0.2) is 0 Å². The van der Waals surface area contributed by atoms with Crippen LogP contribution in [-0.4, -0.2) is 95.0 Å². The molecule has 0 amide bonds. The molecule has 2 N–H and O–H groups in total. The van der Waals surface area contributed by atoms with E-state index in [0.29, 0.717) is 0 Å². The van der Waals surface area contributed by atoms with E-state index in [1.807, 2.05) is 20.0 Å². The minimum Gasteiger partial charge on any atom is -0.465 e. The van der Waals surface area contributed by atoms with Crippen molar-refractivity contribution in [2.24, 2.45) is 4.99 Å². The number of guanidine groups is 1. The first-order valence-corrected chi connectivity index (χ1v) is 9.89. The molecule has 1 aromatic rings. The van der Waals surface area contributed by atoms with Gasteiger partial charge in [-0.2, -0.15) is 0 Å². The van der Waals surface area contributed by atoms with Crippen LogP contribution in [0.15, 0.2) is 21.5 Å². The third kappa shape index (κ3) is 7.18. The number of hydrogen-bond donors (Lipinski definition) is 2. The molecule has 2 fully saturated rings. The molecule has 0 bridgehead atoms. The third-order valence-corrected chi connectivity index (χ3v) is 5.09. The van der Waals surface area contributed by atoms with Gasteiger partial charge in [0.2, 0.25) is 0 Å². The monoisotopic (exact) mass is 507 g/mol. The summed E-state index contributed by atoms with van der Waals surface area (Å²) in [6.07, 6.45) is 0. The number of furan rings is 1. The van der Waals surface area contributed by atoms with Crippen molar-refractivity contribution < 1.29 is 13.9 Å². The lowest BCUT2D eigenvalue weighted by Gasteiger charge is -2.33. The standard InChI is InChI=1S/C19H33N5O3.HI/c1-16-3-4-18(27-16)17(24-9-13-26-14-10-24)15-22-19(20-2)21-5-6-23-7-11-25-12-8-23;/h3-4,17H,5-15H2,1-2H3,(H2,20,21,22);1H. The summed E-state index contributed by atoms with van der Waals surface area (Å²) in [5.41, 5.74) is 0. The third-order valence-electron chi connectivity index (χ3n) is 5.09. The highest BCUT2D eigenvalue weighted by Gasteiger charge is 2.25. The quantitative estimate of drug-likeness (QED) is 0.325. The van der Waals surface area contributed by atoms with Crippen LogP contribution in [-0.2, 0) is 9.47 Å². The molecule has 3 rings (SSSR count). The van der Waals surface area contributed by atoms with Crippen molar-refractivity contribution in [3.8, 4) is 0 Å². The number of hydrogen-bond acceptors (Lipinski definition) is 6. The Morgan fingerprint density at radius 3 is 2.36 bits per heavy atom. The summed E-state index contributed by atoms with van der Waals surface area (Å²) >= 11 is 0. The normalized spacial score (nSPS) is 20.4. The van der Waals surface area contributed by atoms with Crippen LogP contribution in [0.1, 0.15) is 17.6 Å². The van der Waals surface area contributed by atoms with Crippen LogP contribution in [0.2, 0.25) is 0 Å². The first-order chi connectivity index (χ1) is 13.3. The minimum absolute atomic E-state index is 0. The van der Waals surface area contributed by atoms with E-state index in [1.54, 1.807) is 0 Å². The Kier molecular flexibility index (Phi) is 10.6. The highest BCUT2D eigenvalue weighted by Crippen LogP contribution is 2.23. The molecular weight excluding hydrogens is 473 g/mol. The molecule has 1 unspecified atom stereocenters. The van der Waals surface area contributed by atoms with Crippen LogP contribution in [0, 0.1) is 6.92 Å². The molecule has 0 spiro atoms. The van der Waals surface area contributed by atoms with Gasteiger partial charge in [-0.05, 0) is 19.1 Å². The van der Waals surface area contributed by atoms with E-state index in [0.717, 1.165) is 89.7 Å². The molecule has 1 aromatic heterocycles. The molecule has 0 saturated carbocycles. The Morgan fingerprint density at radius 2 is 1.75 bits per heavy atom. The number of rotatable bonds is 7. The highest BCUT2D eigenvalue weighted by atomic mass is 127. The molecule has 160 valence electrons. The number of aliphatic imine (C=N–C) groups is 1. The predicted octanol–water partition coefficient (Wildman–Crippen LogP) is 1.08. The predicted molar refractivity (Wildman–Crippen MR) is 121 cm³/mol. The molecule has 8 nitrogen and oxygen atoms in total. The van der Waals surface area contributed by atoms with Gasteiger partial charge in [0, 0.05) is 52.9 Å². The van der Waals surface area contributed by atoms with Gasteiger partial charge in [0.1, 0.15) is 11.5 Å². The second-order valence-electron chi connectivity index (χ2n) is 6.95. The summed E-state index contributed by atoms with van der Waals surface area (Å²) in [6.45, 7) is 11.6.